The lowest BCUT2D eigenvalue weighted by Crippen LogP contribution is -2.29. The molecule has 122 valence electrons. The van der Waals surface area contributed by atoms with Gasteiger partial charge in [0, 0.05) is 12.2 Å². The van der Waals surface area contributed by atoms with Crippen molar-refractivity contribution in [3.63, 3.8) is 0 Å². The van der Waals surface area contributed by atoms with Gasteiger partial charge in [-0.3, -0.25) is 9.69 Å². The standard InChI is InChI=1S/C18H17N3O3/c1-21(10-14-5-6-16-17(8-14)24-12-23-16)11-18(22)20-15-4-2-3-13(7-15)9-19/h2-8H,10-12H2,1H3,(H,20,22). The SMILES string of the molecule is CN(CC(=O)Nc1cccc(C#N)c1)Cc1ccc2c(c1)OCO2. The van der Waals surface area contributed by atoms with Crippen LogP contribution in [0.25, 0.3) is 0 Å². The lowest BCUT2D eigenvalue weighted by molar-refractivity contribution is -0.117. The molecule has 0 unspecified atom stereocenters. The fourth-order valence-corrected chi connectivity index (χ4v) is 2.52. The van der Waals surface area contributed by atoms with Gasteiger partial charge in [-0.1, -0.05) is 12.1 Å². The molecule has 0 fully saturated rings. The Morgan fingerprint density at radius 1 is 1.25 bits per heavy atom. The van der Waals surface area contributed by atoms with Crippen LogP contribution in [0.2, 0.25) is 0 Å². The molecule has 2 aromatic rings. The zero-order chi connectivity index (χ0) is 16.9. The average molecular weight is 323 g/mol. The van der Waals surface area contributed by atoms with Crippen molar-refractivity contribution >= 4 is 11.6 Å². The third-order valence-electron chi connectivity index (χ3n) is 3.58. The highest BCUT2D eigenvalue weighted by Crippen LogP contribution is 2.32. The number of carbonyl (C=O) groups excluding carboxylic acids is 1. The van der Waals surface area contributed by atoms with Gasteiger partial charge in [0.05, 0.1) is 18.2 Å². The first kappa shape index (κ1) is 15.8. The highest BCUT2D eigenvalue weighted by atomic mass is 16.7. The molecule has 0 saturated carbocycles. The first-order chi connectivity index (χ1) is 11.6. The second kappa shape index (κ2) is 7.02. The van der Waals surface area contributed by atoms with E-state index in [-0.39, 0.29) is 19.2 Å². The van der Waals surface area contributed by atoms with Gasteiger partial charge in [-0.15, -0.1) is 0 Å². The molecular weight excluding hydrogens is 306 g/mol. The molecule has 0 radical (unpaired) electrons. The van der Waals surface area contributed by atoms with Gasteiger partial charge in [-0.05, 0) is 42.9 Å². The van der Waals surface area contributed by atoms with Crippen LogP contribution in [0.5, 0.6) is 11.5 Å². The van der Waals surface area contributed by atoms with Gasteiger partial charge in [0.1, 0.15) is 0 Å². The Hall–Kier alpha value is -3.04. The molecule has 0 aromatic heterocycles. The summed E-state index contributed by atoms with van der Waals surface area (Å²) in [5, 5.41) is 11.7. The summed E-state index contributed by atoms with van der Waals surface area (Å²) >= 11 is 0. The molecule has 1 aliphatic heterocycles. The minimum absolute atomic E-state index is 0.131. The highest BCUT2D eigenvalue weighted by molar-refractivity contribution is 5.92. The molecule has 24 heavy (non-hydrogen) atoms. The Morgan fingerprint density at radius 2 is 2.08 bits per heavy atom. The summed E-state index contributed by atoms with van der Waals surface area (Å²) in [5.41, 5.74) is 2.18. The van der Waals surface area contributed by atoms with Crippen LogP contribution in [-0.2, 0) is 11.3 Å². The first-order valence-electron chi connectivity index (χ1n) is 7.51. The molecule has 0 aliphatic carbocycles. The molecule has 3 rings (SSSR count). The molecule has 1 N–H and O–H groups in total. The molecule has 1 amide bonds. The minimum atomic E-state index is -0.131. The van der Waals surface area contributed by atoms with E-state index in [2.05, 4.69) is 11.4 Å². The van der Waals surface area contributed by atoms with Crippen LogP contribution in [0.4, 0.5) is 5.69 Å². The van der Waals surface area contributed by atoms with Crippen molar-refractivity contribution in [1.29, 1.82) is 5.26 Å². The number of ether oxygens (including phenoxy) is 2. The number of benzene rings is 2. The second-order valence-electron chi connectivity index (χ2n) is 5.60. The van der Waals surface area contributed by atoms with Crippen molar-refractivity contribution in [3.05, 3.63) is 53.6 Å². The Kier molecular flexibility index (Phi) is 4.64. The maximum Gasteiger partial charge on any atom is 0.238 e. The third-order valence-corrected chi connectivity index (χ3v) is 3.58. The molecule has 6 heteroatoms. The molecule has 1 aliphatic rings. The predicted octanol–water partition coefficient (Wildman–Crippen LogP) is 2.36. The monoisotopic (exact) mass is 323 g/mol. The largest absolute Gasteiger partial charge is 0.454 e. The van der Waals surface area contributed by atoms with Crippen molar-refractivity contribution in [1.82, 2.24) is 4.90 Å². The summed E-state index contributed by atoms with van der Waals surface area (Å²) in [5.74, 6) is 1.35. The first-order valence-corrected chi connectivity index (χ1v) is 7.51. The molecular formula is C18H17N3O3. The maximum absolute atomic E-state index is 12.1. The summed E-state index contributed by atoms with van der Waals surface area (Å²) in [4.78, 5) is 14.0. The van der Waals surface area contributed by atoms with Crippen molar-refractivity contribution in [3.8, 4) is 17.6 Å². The lowest BCUT2D eigenvalue weighted by Gasteiger charge is -2.16. The van der Waals surface area contributed by atoms with E-state index in [1.165, 1.54) is 0 Å². The van der Waals surface area contributed by atoms with Gasteiger partial charge >= 0.3 is 0 Å². The van der Waals surface area contributed by atoms with Crippen LogP contribution in [0, 0.1) is 11.3 Å². The Morgan fingerprint density at radius 3 is 2.92 bits per heavy atom. The molecule has 0 atom stereocenters. The number of fused-ring (bicyclic) bond motifs is 1. The van der Waals surface area contributed by atoms with Crippen LogP contribution >= 0.6 is 0 Å². The van der Waals surface area contributed by atoms with Gasteiger partial charge < -0.3 is 14.8 Å². The number of nitrogens with one attached hydrogen (secondary N) is 1. The van der Waals surface area contributed by atoms with Crippen LogP contribution in [0.1, 0.15) is 11.1 Å². The third kappa shape index (κ3) is 3.83. The van der Waals surface area contributed by atoms with E-state index in [4.69, 9.17) is 14.7 Å². The van der Waals surface area contributed by atoms with Crippen molar-refractivity contribution in [2.24, 2.45) is 0 Å². The van der Waals surface area contributed by atoms with Crippen molar-refractivity contribution in [2.75, 3.05) is 25.7 Å². The van der Waals surface area contributed by atoms with Crippen LogP contribution in [0.3, 0.4) is 0 Å². The summed E-state index contributed by atoms with van der Waals surface area (Å²) in [6.07, 6.45) is 0. The van der Waals surface area contributed by atoms with E-state index in [1.807, 2.05) is 30.1 Å². The molecule has 1 heterocycles. The smallest absolute Gasteiger partial charge is 0.238 e. The number of hydrogen-bond acceptors (Lipinski definition) is 5. The van der Waals surface area contributed by atoms with Gasteiger partial charge in [0.2, 0.25) is 12.7 Å². The van der Waals surface area contributed by atoms with E-state index in [9.17, 15) is 4.79 Å². The van der Waals surface area contributed by atoms with Gasteiger partial charge in [-0.25, -0.2) is 0 Å². The summed E-state index contributed by atoms with van der Waals surface area (Å²) in [6.45, 7) is 1.10. The van der Waals surface area contributed by atoms with E-state index in [1.54, 1.807) is 24.3 Å². The van der Waals surface area contributed by atoms with Gasteiger partial charge in [0.25, 0.3) is 0 Å². The second-order valence-corrected chi connectivity index (χ2v) is 5.60. The van der Waals surface area contributed by atoms with E-state index < -0.39 is 0 Å². The van der Waals surface area contributed by atoms with Crippen LogP contribution < -0.4 is 14.8 Å². The Balaban J connectivity index is 1.55. The lowest BCUT2D eigenvalue weighted by atomic mass is 10.2. The van der Waals surface area contributed by atoms with E-state index in [0.717, 1.165) is 17.1 Å². The summed E-state index contributed by atoms with van der Waals surface area (Å²) in [6, 6.07) is 14.7. The zero-order valence-corrected chi connectivity index (χ0v) is 13.3. The van der Waals surface area contributed by atoms with Gasteiger partial charge in [0.15, 0.2) is 11.5 Å². The number of rotatable bonds is 5. The zero-order valence-electron chi connectivity index (χ0n) is 13.3. The number of hydrogen-bond donors (Lipinski definition) is 1. The van der Waals surface area contributed by atoms with Crippen molar-refractivity contribution in [2.45, 2.75) is 6.54 Å². The minimum Gasteiger partial charge on any atom is -0.454 e. The number of nitrogens with zero attached hydrogens (tertiary/aromatic N) is 2. The van der Waals surface area contributed by atoms with E-state index >= 15 is 0 Å². The molecule has 0 bridgehead atoms. The number of carbonyl (C=O) groups is 1. The number of amides is 1. The average Bonchev–Trinajstić information content (AvgIpc) is 3.02. The maximum atomic E-state index is 12.1. The number of nitriles is 1. The Labute approximate surface area is 140 Å². The van der Waals surface area contributed by atoms with Gasteiger partial charge in [-0.2, -0.15) is 5.26 Å². The van der Waals surface area contributed by atoms with E-state index in [0.29, 0.717) is 17.8 Å². The quantitative estimate of drug-likeness (QED) is 0.914. The van der Waals surface area contributed by atoms with Crippen molar-refractivity contribution < 1.29 is 14.3 Å². The fourth-order valence-electron chi connectivity index (χ4n) is 2.52. The van der Waals surface area contributed by atoms with Crippen LogP contribution in [-0.4, -0.2) is 31.2 Å². The molecule has 2 aromatic carbocycles. The number of anilines is 1. The summed E-state index contributed by atoms with van der Waals surface area (Å²) < 4.78 is 10.6. The fraction of sp³-hybridized carbons (Fsp3) is 0.222. The number of likely N-dealkylation sites (N-methyl/N-ethyl adjacent to an activating group) is 1. The molecule has 0 spiro atoms. The topological polar surface area (TPSA) is 74.6 Å². The predicted molar refractivity (Wildman–Crippen MR) is 88.7 cm³/mol. The highest BCUT2D eigenvalue weighted by Gasteiger charge is 2.14. The Bertz CT molecular complexity index is 798. The molecule has 6 nitrogen and oxygen atoms in total. The van der Waals surface area contributed by atoms with Crippen LogP contribution in [0.15, 0.2) is 42.5 Å². The summed E-state index contributed by atoms with van der Waals surface area (Å²) in [7, 11) is 1.87. The normalized spacial score (nSPS) is 12.0. The molecule has 0 saturated heterocycles.